The zero-order valence-corrected chi connectivity index (χ0v) is 55.4. The Morgan fingerprint density at radius 2 is 1.46 bits per heavy atom. The average molecular weight is 1360 g/mol. The molecule has 0 radical (unpaired) electrons. The molecular formula is C67H81FN14O12S2. The minimum Gasteiger partial charge on any atom is -0.497 e. The van der Waals surface area contributed by atoms with E-state index in [-0.39, 0.29) is 64.8 Å². The van der Waals surface area contributed by atoms with E-state index in [0.717, 1.165) is 16.0 Å². The lowest BCUT2D eigenvalue weighted by molar-refractivity contribution is -0.147. The van der Waals surface area contributed by atoms with Crippen LogP contribution in [0, 0.1) is 5.82 Å². The summed E-state index contributed by atoms with van der Waals surface area (Å²) in [6, 6.07) is 14.9. The highest BCUT2D eigenvalue weighted by molar-refractivity contribution is 7.98. The molecule has 11 N–H and O–H groups in total. The van der Waals surface area contributed by atoms with E-state index in [0.29, 0.717) is 80.6 Å². The van der Waals surface area contributed by atoms with E-state index in [9.17, 15) is 39.0 Å². The zero-order valence-electron chi connectivity index (χ0n) is 53.8. The maximum absolute atomic E-state index is 15.7. The van der Waals surface area contributed by atoms with Gasteiger partial charge in [0.25, 0.3) is 0 Å². The molecule has 10 atom stereocenters. The van der Waals surface area contributed by atoms with E-state index in [1.165, 1.54) is 49.8 Å². The fourth-order valence-corrected chi connectivity index (χ4v) is 14.3. The molecule has 0 unspecified atom stereocenters. The number of hydrogen-bond donors (Lipinski definition) is 10. The molecule has 96 heavy (non-hydrogen) atoms. The number of aliphatic hydroxyl groups is 2. The summed E-state index contributed by atoms with van der Waals surface area (Å²) >= 11 is 3.03. The fraction of sp³-hybridized carbons (Fsp3) is 0.448. The van der Waals surface area contributed by atoms with Crippen LogP contribution in [0.2, 0.25) is 0 Å². The van der Waals surface area contributed by atoms with Crippen molar-refractivity contribution in [1.29, 1.82) is 0 Å². The molecule has 0 saturated carbocycles. The molecule has 2 fully saturated rings. The van der Waals surface area contributed by atoms with Crippen molar-refractivity contribution in [2.24, 2.45) is 5.73 Å². The van der Waals surface area contributed by atoms with Crippen LogP contribution in [0.1, 0.15) is 80.0 Å². The lowest BCUT2D eigenvalue weighted by atomic mass is 9.95. The van der Waals surface area contributed by atoms with Crippen LogP contribution in [0.5, 0.6) is 5.75 Å². The van der Waals surface area contributed by atoms with Gasteiger partial charge in [-0.05, 0) is 110 Å². The Kier molecular flexibility index (Phi) is 22.8. The summed E-state index contributed by atoms with van der Waals surface area (Å²) < 4.78 is 24.4. The van der Waals surface area contributed by atoms with Gasteiger partial charge in [0, 0.05) is 92.0 Å². The number of aliphatic hydroxyl groups excluding tert-OH is 2. The molecule has 29 heteroatoms. The van der Waals surface area contributed by atoms with Crippen LogP contribution in [0.4, 0.5) is 4.39 Å². The van der Waals surface area contributed by atoms with Crippen LogP contribution in [0.25, 0.3) is 16.6 Å². The molecule has 6 aromatic rings. The van der Waals surface area contributed by atoms with Crippen LogP contribution in [-0.4, -0.2) is 198 Å². The molecule has 8 bridgehead atoms. The van der Waals surface area contributed by atoms with Gasteiger partial charge in [-0.1, -0.05) is 53.7 Å². The third-order valence-corrected chi connectivity index (χ3v) is 19.9. The van der Waals surface area contributed by atoms with Gasteiger partial charge in [0.1, 0.15) is 65.1 Å². The molecule has 2 saturated heterocycles. The molecule has 26 nitrogen and oxygen atoms in total. The monoisotopic (exact) mass is 1360 g/mol. The van der Waals surface area contributed by atoms with Crippen molar-refractivity contribution < 1.29 is 62.5 Å². The molecule has 0 aliphatic carbocycles. The highest BCUT2D eigenvalue weighted by Crippen LogP contribution is 2.32. The van der Waals surface area contributed by atoms with E-state index in [1.807, 2.05) is 18.2 Å². The Morgan fingerprint density at radius 3 is 2.18 bits per heavy atom. The third-order valence-electron chi connectivity index (χ3n) is 17.8. The number of nitrogens with zero attached hydrogens (tertiary/aromatic N) is 6. The number of ether oxygens (including phenoxy) is 1. The Hall–Kier alpha value is -8.90. The largest absolute Gasteiger partial charge is 0.497 e. The number of nitrogens with two attached hydrogens (primary N) is 1. The second-order valence-electron chi connectivity index (χ2n) is 24.9. The van der Waals surface area contributed by atoms with Crippen molar-refractivity contribution in [2.75, 3.05) is 44.8 Å². The van der Waals surface area contributed by atoms with Gasteiger partial charge < -0.3 is 72.3 Å². The molecule has 0 spiro atoms. The summed E-state index contributed by atoms with van der Waals surface area (Å²) in [4.78, 5) is 134. The lowest BCUT2D eigenvalue weighted by Crippen LogP contribution is -2.64. The SMILES string of the molecule is COc1ccc(C[C@@H]2NC(=O)[C@H]([C@@H](C)O)NC(=O)[C@@H]3[C@@H](O)CCN3C(=O)[C@@H]3Cc4cn(c5ccc(F)cc45)Cc4cn(nn4)-c4cc(cc(c4)CSCCC(=O)N[C@@H](CN)C(=O)N[C@H](C)C(=O)N[C@@H](Cc4ccccc4)C(=O)N3)CSCCNC(=O)[C@]3(C)CCCN3C2=O)cc1. The van der Waals surface area contributed by atoms with Gasteiger partial charge in [0.2, 0.25) is 53.2 Å². The summed E-state index contributed by atoms with van der Waals surface area (Å²) in [6.07, 6.45) is 0.193. The molecule has 4 aliphatic heterocycles. The molecule has 10 rings (SSSR count). The van der Waals surface area contributed by atoms with Crippen molar-refractivity contribution in [1.82, 2.24) is 66.6 Å². The summed E-state index contributed by atoms with van der Waals surface area (Å²) in [5.74, 6) is -5.32. The van der Waals surface area contributed by atoms with E-state index in [4.69, 9.17) is 10.5 Å². The first kappa shape index (κ1) is 69.9. The molecule has 4 aliphatic rings. The molecule has 6 heterocycles. The van der Waals surface area contributed by atoms with Crippen molar-refractivity contribution >= 4 is 87.6 Å². The number of aromatic nitrogens is 4. The summed E-state index contributed by atoms with van der Waals surface area (Å²) in [6.45, 7) is 4.18. The number of nitrogens with one attached hydrogen (secondary N) is 7. The molecule has 510 valence electrons. The van der Waals surface area contributed by atoms with Crippen LogP contribution >= 0.6 is 23.5 Å². The van der Waals surface area contributed by atoms with Gasteiger partial charge in [-0.3, -0.25) is 43.2 Å². The van der Waals surface area contributed by atoms with Gasteiger partial charge >= 0.3 is 0 Å². The van der Waals surface area contributed by atoms with Crippen LogP contribution in [-0.2, 0) is 80.5 Å². The van der Waals surface area contributed by atoms with Crippen LogP contribution < -0.4 is 47.7 Å². The number of thioether (sulfide) groups is 2. The van der Waals surface area contributed by atoms with Gasteiger partial charge in [-0.15, -0.1) is 5.10 Å². The third kappa shape index (κ3) is 16.7. The Bertz CT molecular complexity index is 3860. The Labute approximate surface area is 562 Å². The summed E-state index contributed by atoms with van der Waals surface area (Å²) in [5, 5.41) is 51.7. The summed E-state index contributed by atoms with van der Waals surface area (Å²) in [5.41, 5.74) is 9.61. The normalized spacial score (nSPS) is 25.5. The smallest absolute Gasteiger partial charge is 0.246 e. The summed E-state index contributed by atoms with van der Waals surface area (Å²) in [7, 11) is 1.50. The van der Waals surface area contributed by atoms with E-state index in [1.54, 1.807) is 101 Å². The number of amides is 9. The number of benzene rings is 4. The number of methoxy groups -OCH3 is 1. The maximum Gasteiger partial charge on any atom is 0.246 e. The lowest BCUT2D eigenvalue weighted by Gasteiger charge is -2.37. The van der Waals surface area contributed by atoms with E-state index in [2.05, 4.69) is 47.5 Å². The number of halogens is 1. The number of hydrogen-bond acceptors (Lipinski definition) is 17. The Balaban J connectivity index is 1.07. The molecule has 9 amide bonds. The standard InChI is InChI=1S/C67H81FN14O12S2/c1-38-59(86)73-50(28-40-9-6-5-7-10-40)60(87)74-52-30-44-33-79(54-16-13-45(68)31-49(44)54)34-46-35-82(78-77-46)47-26-42(36-95-23-18-56(85)72-53(32-69)61(88)71-38)25-43(27-47)37-96-24-20-70-66(93)67(3)19-8-21-81(67)65(92)51(29-41-11-14-48(94-4)15-12-41)75-62(89)57(39(2)83)76-63(90)58-55(84)17-22-80(58)64(52)91/h5-7,9-16,25-27,31,33,35,38-39,50-53,55,57-58,83-84H,8,17-24,28-30,32,34,36-37,69H2,1-4H3,(H,70,93)(H,71,88)(H,72,85)(H,73,86)(H,74,87)(H,75,89)(H,76,90)/t38-,39-,50+,51+,52+,53+,55+,57+,58+,67+/m1/s1. The minimum atomic E-state index is -1.80. The number of fused-ring (bicyclic) bond motifs is 6. The first-order chi connectivity index (χ1) is 46.1. The first-order valence-electron chi connectivity index (χ1n) is 32.0. The van der Waals surface area contributed by atoms with Crippen molar-refractivity contribution in [3.63, 3.8) is 0 Å². The number of carbonyl (C=O) groups is 9. The van der Waals surface area contributed by atoms with Gasteiger partial charge in [-0.25, -0.2) is 9.07 Å². The highest BCUT2D eigenvalue weighted by Gasteiger charge is 2.49. The van der Waals surface area contributed by atoms with E-state index >= 15 is 18.8 Å². The first-order valence-corrected chi connectivity index (χ1v) is 34.3. The molecule has 4 aromatic carbocycles. The van der Waals surface area contributed by atoms with Gasteiger partial charge in [0.15, 0.2) is 0 Å². The fourth-order valence-electron chi connectivity index (χ4n) is 12.6. The van der Waals surface area contributed by atoms with E-state index < -0.39 is 119 Å². The second-order valence-corrected chi connectivity index (χ2v) is 27.1. The zero-order chi connectivity index (χ0) is 68.4. The van der Waals surface area contributed by atoms with Gasteiger partial charge in [-0.2, -0.15) is 23.5 Å². The van der Waals surface area contributed by atoms with Crippen LogP contribution in [0.15, 0.2) is 103 Å². The van der Waals surface area contributed by atoms with Crippen molar-refractivity contribution in [2.45, 2.75) is 144 Å². The topological polar surface area (TPSA) is 356 Å². The molecule has 2 aromatic heterocycles. The number of carbonyl (C=O) groups excluding carboxylic acids is 9. The van der Waals surface area contributed by atoms with Gasteiger partial charge in [0.05, 0.1) is 37.7 Å². The predicted molar refractivity (Wildman–Crippen MR) is 356 cm³/mol. The van der Waals surface area contributed by atoms with Crippen molar-refractivity contribution in [3.8, 4) is 11.4 Å². The highest BCUT2D eigenvalue weighted by atomic mass is 32.2. The second kappa shape index (κ2) is 31.3. The minimum absolute atomic E-state index is 0.00864. The quantitative estimate of drug-likeness (QED) is 0.107. The predicted octanol–water partition coefficient (Wildman–Crippen LogP) is 1.06. The molecular weight excluding hydrogens is 1280 g/mol. The maximum atomic E-state index is 15.7. The Morgan fingerprint density at radius 1 is 0.760 bits per heavy atom. The van der Waals surface area contributed by atoms with Crippen LogP contribution in [0.3, 0.4) is 0 Å². The average Bonchev–Trinajstić information content (AvgIpc) is 1.56. The number of rotatable bonds is 7. The van der Waals surface area contributed by atoms with Crippen molar-refractivity contribution in [3.05, 3.63) is 143 Å².